The van der Waals surface area contributed by atoms with Crippen molar-refractivity contribution in [3.8, 4) is 0 Å². The maximum Gasteiger partial charge on any atom is 0.407 e. The van der Waals surface area contributed by atoms with Gasteiger partial charge in [-0.15, -0.1) is 0 Å². The second kappa shape index (κ2) is 10.2. The standard InChI is InChI=1S/C21H32N4O4/c1-21(2,3)29-20(28)23-14-17-6-4-5-12-25(17)13-11-18(26)24-16-9-7-15(8-10-16)19(22)27/h7-10,17H,4-6,11-14H2,1-3H3,(H2,22,27)(H,23,28)(H,24,26). The molecule has 0 radical (unpaired) electrons. The fraction of sp³-hybridized carbons (Fsp3) is 0.571. The number of benzene rings is 1. The Kier molecular flexibility index (Phi) is 8.01. The number of amides is 3. The summed E-state index contributed by atoms with van der Waals surface area (Å²) in [7, 11) is 0. The Morgan fingerprint density at radius 2 is 1.86 bits per heavy atom. The van der Waals surface area contributed by atoms with Crippen LogP contribution in [0.15, 0.2) is 24.3 Å². The van der Waals surface area contributed by atoms with Crippen LogP contribution in [0.1, 0.15) is 56.8 Å². The summed E-state index contributed by atoms with van der Waals surface area (Å²) < 4.78 is 5.29. The number of anilines is 1. The largest absolute Gasteiger partial charge is 0.444 e. The highest BCUT2D eigenvalue weighted by Crippen LogP contribution is 2.17. The first kappa shape index (κ1) is 22.7. The number of carbonyl (C=O) groups excluding carboxylic acids is 3. The molecule has 1 unspecified atom stereocenters. The molecule has 1 aromatic rings. The predicted molar refractivity (Wildman–Crippen MR) is 112 cm³/mol. The van der Waals surface area contributed by atoms with Crippen molar-refractivity contribution in [3.05, 3.63) is 29.8 Å². The van der Waals surface area contributed by atoms with Gasteiger partial charge in [0.1, 0.15) is 5.60 Å². The van der Waals surface area contributed by atoms with Gasteiger partial charge in [-0.2, -0.15) is 0 Å². The van der Waals surface area contributed by atoms with Gasteiger partial charge < -0.3 is 21.1 Å². The number of hydrogen-bond acceptors (Lipinski definition) is 5. The molecule has 1 saturated heterocycles. The lowest BCUT2D eigenvalue weighted by Gasteiger charge is -2.35. The maximum atomic E-state index is 12.3. The second-order valence-electron chi connectivity index (χ2n) is 8.31. The molecule has 29 heavy (non-hydrogen) atoms. The van der Waals surface area contributed by atoms with E-state index in [1.54, 1.807) is 24.3 Å². The molecule has 160 valence electrons. The van der Waals surface area contributed by atoms with Gasteiger partial charge in [0.15, 0.2) is 0 Å². The third-order valence-electron chi connectivity index (χ3n) is 4.71. The van der Waals surface area contributed by atoms with Crippen molar-refractivity contribution in [2.75, 3.05) is 25.0 Å². The molecule has 4 N–H and O–H groups in total. The summed E-state index contributed by atoms with van der Waals surface area (Å²) in [5.74, 6) is -0.597. The number of piperidine rings is 1. The van der Waals surface area contributed by atoms with Crippen LogP contribution in [0.2, 0.25) is 0 Å². The maximum absolute atomic E-state index is 12.3. The summed E-state index contributed by atoms with van der Waals surface area (Å²) in [6, 6.07) is 6.68. The van der Waals surface area contributed by atoms with Crippen LogP contribution in [-0.2, 0) is 9.53 Å². The van der Waals surface area contributed by atoms with Gasteiger partial charge in [-0.1, -0.05) is 6.42 Å². The van der Waals surface area contributed by atoms with Crippen molar-refractivity contribution in [2.45, 2.75) is 58.1 Å². The normalized spacial score (nSPS) is 17.4. The monoisotopic (exact) mass is 404 g/mol. The van der Waals surface area contributed by atoms with E-state index in [4.69, 9.17) is 10.5 Å². The Balaban J connectivity index is 1.79. The van der Waals surface area contributed by atoms with Crippen LogP contribution >= 0.6 is 0 Å². The van der Waals surface area contributed by atoms with Crippen molar-refractivity contribution in [3.63, 3.8) is 0 Å². The first-order chi connectivity index (χ1) is 13.6. The molecule has 0 saturated carbocycles. The second-order valence-corrected chi connectivity index (χ2v) is 8.31. The van der Waals surface area contributed by atoms with Gasteiger partial charge in [-0.25, -0.2) is 4.79 Å². The van der Waals surface area contributed by atoms with Crippen LogP contribution in [0, 0.1) is 0 Å². The summed E-state index contributed by atoms with van der Waals surface area (Å²) in [6.45, 7) is 7.52. The lowest BCUT2D eigenvalue weighted by molar-refractivity contribution is -0.116. The van der Waals surface area contributed by atoms with Gasteiger partial charge in [-0.3, -0.25) is 14.5 Å². The lowest BCUT2D eigenvalue weighted by atomic mass is 10.0. The summed E-state index contributed by atoms with van der Waals surface area (Å²) in [5.41, 5.74) is 5.72. The van der Waals surface area contributed by atoms with E-state index >= 15 is 0 Å². The van der Waals surface area contributed by atoms with Crippen LogP contribution < -0.4 is 16.4 Å². The number of nitrogens with zero attached hydrogens (tertiary/aromatic N) is 1. The number of alkyl carbamates (subject to hydrolysis) is 1. The average molecular weight is 405 g/mol. The topological polar surface area (TPSA) is 114 Å². The van der Waals surface area contributed by atoms with Crippen molar-refractivity contribution in [1.29, 1.82) is 0 Å². The van der Waals surface area contributed by atoms with Crippen molar-refractivity contribution >= 4 is 23.6 Å². The van der Waals surface area contributed by atoms with Gasteiger partial charge in [0.2, 0.25) is 11.8 Å². The predicted octanol–water partition coefficient (Wildman–Crippen LogP) is 2.49. The zero-order valence-electron chi connectivity index (χ0n) is 17.5. The van der Waals surface area contributed by atoms with E-state index in [9.17, 15) is 14.4 Å². The number of rotatable bonds is 7. The molecule has 1 aromatic carbocycles. The smallest absolute Gasteiger partial charge is 0.407 e. The van der Waals surface area contributed by atoms with Gasteiger partial charge in [-0.05, 0) is 64.4 Å². The van der Waals surface area contributed by atoms with Crippen molar-refractivity contribution in [2.24, 2.45) is 5.73 Å². The molecule has 0 spiro atoms. The molecule has 0 aliphatic carbocycles. The zero-order chi connectivity index (χ0) is 21.4. The third-order valence-corrected chi connectivity index (χ3v) is 4.71. The molecule has 8 nitrogen and oxygen atoms in total. The molecule has 1 aliphatic rings. The van der Waals surface area contributed by atoms with Crippen LogP contribution in [0.3, 0.4) is 0 Å². The van der Waals surface area contributed by atoms with E-state index in [0.717, 1.165) is 25.8 Å². The van der Waals surface area contributed by atoms with Crippen LogP contribution in [0.5, 0.6) is 0 Å². The first-order valence-electron chi connectivity index (χ1n) is 10.0. The van der Waals surface area contributed by atoms with E-state index < -0.39 is 17.6 Å². The van der Waals surface area contributed by atoms with E-state index in [0.29, 0.717) is 30.8 Å². The van der Waals surface area contributed by atoms with Gasteiger partial charge in [0, 0.05) is 36.8 Å². The van der Waals surface area contributed by atoms with E-state index in [-0.39, 0.29) is 11.9 Å². The molecule has 0 bridgehead atoms. The minimum Gasteiger partial charge on any atom is -0.444 e. The highest BCUT2D eigenvalue weighted by molar-refractivity contribution is 5.94. The molecule has 1 atom stereocenters. The molecular weight excluding hydrogens is 372 g/mol. The van der Waals surface area contributed by atoms with Gasteiger partial charge in [0.05, 0.1) is 0 Å². The lowest BCUT2D eigenvalue weighted by Crippen LogP contribution is -2.48. The fourth-order valence-electron chi connectivity index (χ4n) is 3.29. The van der Waals surface area contributed by atoms with E-state index in [2.05, 4.69) is 15.5 Å². The molecule has 2 rings (SSSR count). The molecule has 1 aliphatic heterocycles. The van der Waals surface area contributed by atoms with Crippen LogP contribution in [-0.4, -0.2) is 54.1 Å². The average Bonchev–Trinajstić information content (AvgIpc) is 2.64. The van der Waals surface area contributed by atoms with Crippen molar-refractivity contribution in [1.82, 2.24) is 10.2 Å². The Bertz CT molecular complexity index is 712. The molecular formula is C21H32N4O4. The number of likely N-dealkylation sites (tertiary alicyclic amines) is 1. The fourth-order valence-corrected chi connectivity index (χ4v) is 3.29. The molecule has 0 aromatic heterocycles. The summed E-state index contributed by atoms with van der Waals surface area (Å²) in [6.07, 6.45) is 3.10. The molecule has 8 heteroatoms. The number of hydrogen-bond donors (Lipinski definition) is 3. The Morgan fingerprint density at radius 3 is 2.48 bits per heavy atom. The highest BCUT2D eigenvalue weighted by Gasteiger charge is 2.24. The summed E-state index contributed by atoms with van der Waals surface area (Å²) in [5, 5.41) is 5.67. The summed E-state index contributed by atoms with van der Waals surface area (Å²) in [4.78, 5) is 37.5. The Hall–Kier alpha value is -2.61. The van der Waals surface area contributed by atoms with Gasteiger partial charge >= 0.3 is 6.09 Å². The molecule has 1 fully saturated rings. The first-order valence-corrected chi connectivity index (χ1v) is 10.0. The van der Waals surface area contributed by atoms with Crippen LogP contribution in [0.25, 0.3) is 0 Å². The zero-order valence-corrected chi connectivity index (χ0v) is 17.5. The Morgan fingerprint density at radius 1 is 1.17 bits per heavy atom. The number of nitrogens with two attached hydrogens (primary N) is 1. The SMILES string of the molecule is CC(C)(C)OC(=O)NCC1CCCCN1CCC(=O)Nc1ccc(C(N)=O)cc1. The number of nitrogens with one attached hydrogen (secondary N) is 2. The highest BCUT2D eigenvalue weighted by atomic mass is 16.6. The van der Waals surface area contributed by atoms with Crippen molar-refractivity contribution < 1.29 is 19.1 Å². The number of primary amides is 1. The third kappa shape index (κ3) is 8.11. The number of ether oxygens (including phenoxy) is 1. The summed E-state index contributed by atoms with van der Waals surface area (Å²) >= 11 is 0. The minimum absolute atomic E-state index is 0.0961. The van der Waals surface area contributed by atoms with Gasteiger partial charge in [0.25, 0.3) is 0 Å². The number of carbonyl (C=O) groups is 3. The Labute approximate surface area is 172 Å². The quantitative estimate of drug-likeness (QED) is 0.646. The molecule has 1 heterocycles. The van der Waals surface area contributed by atoms with Crippen LogP contribution in [0.4, 0.5) is 10.5 Å². The minimum atomic E-state index is -0.524. The molecule has 3 amide bonds. The van der Waals surface area contributed by atoms with E-state index in [1.807, 2.05) is 20.8 Å². The van der Waals surface area contributed by atoms with E-state index in [1.165, 1.54) is 0 Å².